The summed E-state index contributed by atoms with van der Waals surface area (Å²) in [6.07, 6.45) is 2.92. The summed E-state index contributed by atoms with van der Waals surface area (Å²) in [5.41, 5.74) is 1.05. The first-order chi connectivity index (χ1) is 8.19. The summed E-state index contributed by atoms with van der Waals surface area (Å²) >= 11 is 2.29. The van der Waals surface area contributed by atoms with Gasteiger partial charge in [0.2, 0.25) is 0 Å². The zero-order valence-corrected chi connectivity index (χ0v) is 12.9. The fourth-order valence-electron chi connectivity index (χ4n) is 1.46. The summed E-state index contributed by atoms with van der Waals surface area (Å²) < 4.78 is 6.16. The van der Waals surface area contributed by atoms with E-state index in [1.165, 1.54) is 0 Å². The molecule has 4 nitrogen and oxygen atoms in total. The molecule has 0 amide bonds. The molecule has 96 valence electrons. The number of nitrogens with one attached hydrogen (secondary N) is 1. The quantitative estimate of drug-likeness (QED) is 0.608. The highest BCUT2D eigenvalue weighted by Crippen LogP contribution is 2.19. The van der Waals surface area contributed by atoms with Crippen LogP contribution in [-0.4, -0.2) is 30.2 Å². The first-order valence-corrected chi connectivity index (χ1v) is 7.02. The van der Waals surface area contributed by atoms with Crippen LogP contribution in [0.1, 0.15) is 31.3 Å². The van der Waals surface area contributed by atoms with Crippen LogP contribution in [0, 0.1) is 10.5 Å². The van der Waals surface area contributed by atoms with E-state index in [1.54, 1.807) is 7.11 Å². The molecule has 1 aromatic heterocycles. The molecule has 0 saturated heterocycles. The van der Waals surface area contributed by atoms with E-state index in [4.69, 9.17) is 4.74 Å². The van der Waals surface area contributed by atoms with E-state index in [0.717, 1.165) is 53.3 Å². The van der Waals surface area contributed by atoms with Crippen LogP contribution in [0.4, 0.5) is 5.82 Å². The number of ether oxygens (including phenoxy) is 1. The van der Waals surface area contributed by atoms with E-state index in [0.29, 0.717) is 0 Å². The second kappa shape index (κ2) is 7.81. The highest BCUT2D eigenvalue weighted by molar-refractivity contribution is 14.1. The number of hydrogen-bond acceptors (Lipinski definition) is 4. The molecule has 0 unspecified atom stereocenters. The lowest BCUT2D eigenvalue weighted by molar-refractivity contribution is 0.194. The normalized spacial score (nSPS) is 10.6. The van der Waals surface area contributed by atoms with Crippen molar-refractivity contribution in [2.24, 2.45) is 0 Å². The van der Waals surface area contributed by atoms with E-state index in [2.05, 4.69) is 44.8 Å². The SMILES string of the molecule is CCCNc1nc(CCCOC)nc(C)c1I. The topological polar surface area (TPSA) is 47.0 Å². The molecule has 5 heteroatoms. The molecule has 0 radical (unpaired) electrons. The number of hydrogen-bond donors (Lipinski definition) is 1. The Morgan fingerprint density at radius 1 is 1.35 bits per heavy atom. The van der Waals surface area contributed by atoms with Gasteiger partial charge in [0.05, 0.1) is 9.26 Å². The van der Waals surface area contributed by atoms with E-state index in [1.807, 2.05) is 6.92 Å². The molecular weight excluding hydrogens is 329 g/mol. The molecule has 1 heterocycles. The Balaban J connectivity index is 2.74. The second-order valence-electron chi connectivity index (χ2n) is 3.91. The zero-order valence-electron chi connectivity index (χ0n) is 10.7. The van der Waals surface area contributed by atoms with Crippen molar-refractivity contribution in [3.63, 3.8) is 0 Å². The largest absolute Gasteiger partial charge is 0.385 e. The average Bonchev–Trinajstić information content (AvgIpc) is 2.32. The maximum atomic E-state index is 5.04. The van der Waals surface area contributed by atoms with Gasteiger partial charge in [-0.2, -0.15) is 0 Å². The fourth-order valence-corrected chi connectivity index (χ4v) is 1.90. The molecule has 0 atom stereocenters. The molecule has 0 aromatic carbocycles. The van der Waals surface area contributed by atoms with Crippen LogP contribution in [0.25, 0.3) is 0 Å². The Bertz CT molecular complexity index is 358. The third-order valence-electron chi connectivity index (χ3n) is 2.35. The van der Waals surface area contributed by atoms with Crippen LogP contribution < -0.4 is 5.32 Å². The maximum Gasteiger partial charge on any atom is 0.143 e. The van der Waals surface area contributed by atoms with Gasteiger partial charge in [-0.05, 0) is 42.4 Å². The van der Waals surface area contributed by atoms with Gasteiger partial charge in [0.25, 0.3) is 0 Å². The van der Waals surface area contributed by atoms with Gasteiger partial charge in [-0.25, -0.2) is 9.97 Å². The minimum Gasteiger partial charge on any atom is -0.385 e. The molecule has 0 bridgehead atoms. The van der Waals surface area contributed by atoms with Gasteiger partial charge >= 0.3 is 0 Å². The van der Waals surface area contributed by atoms with Crippen molar-refractivity contribution in [2.45, 2.75) is 33.1 Å². The van der Waals surface area contributed by atoms with Crippen molar-refractivity contribution in [3.05, 3.63) is 15.1 Å². The van der Waals surface area contributed by atoms with Crippen molar-refractivity contribution >= 4 is 28.4 Å². The highest BCUT2D eigenvalue weighted by Gasteiger charge is 2.08. The van der Waals surface area contributed by atoms with Gasteiger partial charge in [-0.3, -0.25) is 0 Å². The summed E-state index contributed by atoms with van der Waals surface area (Å²) in [6, 6.07) is 0. The molecule has 1 N–H and O–H groups in total. The van der Waals surface area contributed by atoms with Crippen LogP contribution in [0.2, 0.25) is 0 Å². The van der Waals surface area contributed by atoms with Crippen LogP contribution in [0.5, 0.6) is 0 Å². The lowest BCUT2D eigenvalue weighted by Gasteiger charge is -2.10. The van der Waals surface area contributed by atoms with Crippen molar-refractivity contribution < 1.29 is 4.74 Å². The molecule has 0 aliphatic heterocycles. The van der Waals surface area contributed by atoms with Crippen molar-refractivity contribution in [1.29, 1.82) is 0 Å². The zero-order chi connectivity index (χ0) is 12.7. The summed E-state index contributed by atoms with van der Waals surface area (Å²) in [6.45, 7) is 5.88. The smallest absolute Gasteiger partial charge is 0.143 e. The van der Waals surface area contributed by atoms with E-state index in [9.17, 15) is 0 Å². The maximum absolute atomic E-state index is 5.04. The molecule has 0 spiro atoms. The predicted molar refractivity (Wildman–Crippen MR) is 78.5 cm³/mol. The minimum absolute atomic E-state index is 0.756. The van der Waals surface area contributed by atoms with E-state index in [-0.39, 0.29) is 0 Å². The third-order valence-corrected chi connectivity index (χ3v) is 3.65. The Kier molecular flexibility index (Phi) is 6.72. The van der Waals surface area contributed by atoms with E-state index >= 15 is 0 Å². The molecule has 0 saturated carbocycles. The molecule has 0 fully saturated rings. The number of aryl methyl sites for hydroxylation is 2. The van der Waals surface area contributed by atoms with Crippen molar-refractivity contribution in [1.82, 2.24) is 9.97 Å². The fraction of sp³-hybridized carbons (Fsp3) is 0.667. The number of nitrogens with zero attached hydrogens (tertiary/aromatic N) is 2. The first-order valence-electron chi connectivity index (χ1n) is 5.94. The lowest BCUT2D eigenvalue weighted by atomic mass is 10.3. The highest BCUT2D eigenvalue weighted by atomic mass is 127. The molecule has 0 aliphatic carbocycles. The molecule has 1 aromatic rings. The van der Waals surface area contributed by atoms with Gasteiger partial charge in [0, 0.05) is 26.7 Å². The van der Waals surface area contributed by atoms with Gasteiger partial charge in [0.1, 0.15) is 11.6 Å². The standard InChI is InChI=1S/C12H20IN3O/c1-4-7-14-12-11(13)9(2)15-10(16-12)6-5-8-17-3/h4-8H2,1-3H3,(H,14,15,16). The Morgan fingerprint density at radius 2 is 2.12 bits per heavy atom. The van der Waals surface area contributed by atoms with Crippen LogP contribution >= 0.6 is 22.6 Å². The van der Waals surface area contributed by atoms with E-state index < -0.39 is 0 Å². The van der Waals surface area contributed by atoms with Crippen LogP contribution in [0.15, 0.2) is 0 Å². The van der Waals surface area contributed by atoms with Crippen molar-refractivity contribution in [3.8, 4) is 0 Å². The Hall–Kier alpha value is -0.430. The Morgan fingerprint density at radius 3 is 2.76 bits per heavy atom. The third kappa shape index (κ3) is 4.75. The lowest BCUT2D eigenvalue weighted by Crippen LogP contribution is -2.09. The van der Waals surface area contributed by atoms with Gasteiger partial charge in [0.15, 0.2) is 0 Å². The van der Waals surface area contributed by atoms with Crippen LogP contribution in [0.3, 0.4) is 0 Å². The molecule has 17 heavy (non-hydrogen) atoms. The number of rotatable bonds is 7. The second-order valence-corrected chi connectivity index (χ2v) is 4.99. The van der Waals surface area contributed by atoms with Gasteiger partial charge in [-0.15, -0.1) is 0 Å². The Labute approximate surface area is 117 Å². The van der Waals surface area contributed by atoms with Gasteiger partial charge in [-0.1, -0.05) is 6.92 Å². The first kappa shape index (κ1) is 14.6. The number of methoxy groups -OCH3 is 1. The minimum atomic E-state index is 0.756. The predicted octanol–water partition coefficient (Wildman–Crippen LogP) is 2.79. The summed E-state index contributed by atoms with van der Waals surface area (Å²) in [5.74, 6) is 1.87. The monoisotopic (exact) mass is 349 g/mol. The average molecular weight is 349 g/mol. The number of aromatic nitrogens is 2. The van der Waals surface area contributed by atoms with Gasteiger partial charge < -0.3 is 10.1 Å². The number of anilines is 1. The molecule has 0 aliphatic rings. The summed E-state index contributed by atoms with van der Waals surface area (Å²) in [4.78, 5) is 9.06. The van der Waals surface area contributed by atoms with Crippen molar-refractivity contribution in [2.75, 3.05) is 25.6 Å². The summed E-state index contributed by atoms with van der Waals surface area (Å²) in [7, 11) is 1.72. The molecular formula is C12H20IN3O. The molecule has 1 rings (SSSR count). The number of halogens is 1. The van der Waals surface area contributed by atoms with Crippen LogP contribution in [-0.2, 0) is 11.2 Å². The summed E-state index contributed by atoms with van der Waals surface area (Å²) in [5, 5.41) is 3.34.